The van der Waals surface area contributed by atoms with Crippen LogP contribution >= 0.6 is 15.9 Å². The Balaban J connectivity index is 2.23. The van der Waals surface area contributed by atoms with E-state index in [-0.39, 0.29) is 0 Å². The molecule has 0 amide bonds. The molecule has 1 aliphatic carbocycles. The van der Waals surface area contributed by atoms with Crippen molar-refractivity contribution < 1.29 is 4.79 Å². The number of halogens is 1. The van der Waals surface area contributed by atoms with Gasteiger partial charge in [0.15, 0.2) is 0 Å². The van der Waals surface area contributed by atoms with Crippen LogP contribution in [0.25, 0.3) is 0 Å². The lowest BCUT2D eigenvalue weighted by molar-refractivity contribution is -0.108. The van der Waals surface area contributed by atoms with Gasteiger partial charge in [0.05, 0.1) is 0 Å². The molecular formula is C13H15BrO. The quantitative estimate of drug-likeness (QED) is 0.755. The molecule has 0 bridgehead atoms. The molecule has 0 saturated heterocycles. The van der Waals surface area contributed by atoms with Crippen molar-refractivity contribution in [2.24, 2.45) is 5.92 Å². The summed E-state index contributed by atoms with van der Waals surface area (Å²) in [5.41, 5.74) is 1.30. The molecule has 1 saturated carbocycles. The Bertz CT molecular complexity index is 344. The molecule has 0 N–H and O–H groups in total. The molecule has 1 fully saturated rings. The number of carbonyl (C=O) groups is 1. The van der Waals surface area contributed by atoms with Gasteiger partial charge in [0.2, 0.25) is 0 Å². The summed E-state index contributed by atoms with van der Waals surface area (Å²) in [5, 5.41) is 0. The van der Waals surface area contributed by atoms with E-state index in [4.69, 9.17) is 0 Å². The topological polar surface area (TPSA) is 17.1 Å². The van der Waals surface area contributed by atoms with Crippen LogP contribution in [0.5, 0.6) is 0 Å². The zero-order valence-electron chi connectivity index (χ0n) is 8.66. The molecule has 1 atom stereocenters. The average molecular weight is 267 g/mol. The molecule has 0 spiro atoms. The Morgan fingerprint density at radius 2 is 2.13 bits per heavy atom. The molecule has 1 aromatic carbocycles. The molecular weight excluding hydrogens is 252 g/mol. The minimum Gasteiger partial charge on any atom is -0.303 e. The Labute approximate surface area is 99.0 Å². The molecule has 1 aliphatic rings. The maximum atomic E-state index is 10.7. The summed E-state index contributed by atoms with van der Waals surface area (Å²) in [7, 11) is 0. The van der Waals surface area contributed by atoms with Gasteiger partial charge in [0.1, 0.15) is 6.29 Å². The van der Waals surface area contributed by atoms with Crippen LogP contribution in [-0.4, -0.2) is 6.29 Å². The number of aldehydes is 1. The van der Waals surface area contributed by atoms with Crippen LogP contribution < -0.4 is 0 Å². The van der Waals surface area contributed by atoms with Gasteiger partial charge in [-0.2, -0.15) is 0 Å². The van der Waals surface area contributed by atoms with E-state index in [0.29, 0.717) is 18.3 Å². The summed E-state index contributed by atoms with van der Waals surface area (Å²) in [5.74, 6) is 1.14. The first-order valence-electron chi connectivity index (χ1n) is 5.51. The second-order valence-electron chi connectivity index (χ2n) is 4.22. The minimum absolute atomic E-state index is 0.423. The highest BCUT2D eigenvalue weighted by Gasteiger charge is 2.28. The number of hydrogen-bond donors (Lipinski definition) is 0. The summed E-state index contributed by atoms with van der Waals surface area (Å²) < 4.78 is 1.14. The molecule has 0 radical (unpaired) electrons. The van der Waals surface area contributed by atoms with Crippen molar-refractivity contribution >= 4 is 22.2 Å². The maximum Gasteiger partial charge on any atom is 0.120 e. The van der Waals surface area contributed by atoms with Gasteiger partial charge in [-0.1, -0.05) is 40.5 Å². The molecule has 1 nitrogen and oxygen atoms in total. The second kappa shape index (κ2) is 4.93. The third-order valence-corrected chi connectivity index (χ3v) is 4.10. The average Bonchev–Trinajstić information content (AvgIpc) is 2.15. The van der Waals surface area contributed by atoms with E-state index < -0.39 is 0 Å². The van der Waals surface area contributed by atoms with Gasteiger partial charge in [-0.05, 0) is 36.3 Å². The molecule has 1 aromatic rings. The highest BCUT2D eigenvalue weighted by Crippen LogP contribution is 2.42. The van der Waals surface area contributed by atoms with Gasteiger partial charge in [-0.25, -0.2) is 0 Å². The van der Waals surface area contributed by atoms with Crippen molar-refractivity contribution in [1.82, 2.24) is 0 Å². The normalized spacial score (nSPS) is 18.2. The first-order chi connectivity index (χ1) is 7.33. The smallest absolute Gasteiger partial charge is 0.120 e. The first kappa shape index (κ1) is 10.9. The molecule has 0 heterocycles. The zero-order valence-corrected chi connectivity index (χ0v) is 10.2. The third-order valence-electron chi connectivity index (χ3n) is 3.37. The summed E-state index contributed by atoms with van der Waals surface area (Å²) >= 11 is 3.57. The predicted octanol–water partition coefficient (Wildman–Crippen LogP) is 3.92. The Morgan fingerprint density at radius 1 is 1.40 bits per heavy atom. The molecule has 2 rings (SSSR count). The number of benzene rings is 1. The van der Waals surface area contributed by atoms with Gasteiger partial charge >= 0.3 is 0 Å². The molecule has 80 valence electrons. The van der Waals surface area contributed by atoms with Crippen LogP contribution in [0.1, 0.15) is 37.2 Å². The van der Waals surface area contributed by atoms with E-state index in [2.05, 4.69) is 34.1 Å². The molecule has 15 heavy (non-hydrogen) atoms. The van der Waals surface area contributed by atoms with Crippen LogP contribution in [0, 0.1) is 5.92 Å². The molecule has 2 heteroatoms. The third kappa shape index (κ3) is 2.31. The highest BCUT2D eigenvalue weighted by molar-refractivity contribution is 9.10. The van der Waals surface area contributed by atoms with Crippen molar-refractivity contribution in [3.8, 4) is 0 Å². The largest absolute Gasteiger partial charge is 0.303 e. The van der Waals surface area contributed by atoms with Crippen molar-refractivity contribution in [2.45, 2.75) is 31.6 Å². The summed E-state index contributed by atoms with van der Waals surface area (Å²) in [4.78, 5) is 10.7. The summed E-state index contributed by atoms with van der Waals surface area (Å²) in [6, 6.07) is 8.27. The molecule has 0 aromatic heterocycles. The Hall–Kier alpha value is -0.630. The van der Waals surface area contributed by atoms with Crippen LogP contribution in [0.4, 0.5) is 0 Å². The Morgan fingerprint density at radius 3 is 2.67 bits per heavy atom. The van der Waals surface area contributed by atoms with E-state index >= 15 is 0 Å². The lowest BCUT2D eigenvalue weighted by Crippen LogP contribution is -2.21. The van der Waals surface area contributed by atoms with E-state index in [1.165, 1.54) is 24.8 Å². The van der Waals surface area contributed by atoms with E-state index in [1.54, 1.807) is 0 Å². The first-order valence-corrected chi connectivity index (χ1v) is 6.30. The minimum atomic E-state index is 0.423. The fraction of sp³-hybridized carbons (Fsp3) is 0.462. The van der Waals surface area contributed by atoms with E-state index in [0.717, 1.165) is 10.8 Å². The summed E-state index contributed by atoms with van der Waals surface area (Å²) in [6.07, 6.45) is 5.60. The van der Waals surface area contributed by atoms with Gasteiger partial charge in [-0.3, -0.25) is 0 Å². The van der Waals surface area contributed by atoms with Crippen LogP contribution in [0.15, 0.2) is 28.7 Å². The van der Waals surface area contributed by atoms with Gasteiger partial charge < -0.3 is 4.79 Å². The van der Waals surface area contributed by atoms with Crippen LogP contribution in [-0.2, 0) is 4.79 Å². The van der Waals surface area contributed by atoms with Gasteiger partial charge in [-0.15, -0.1) is 0 Å². The highest BCUT2D eigenvalue weighted by atomic mass is 79.9. The van der Waals surface area contributed by atoms with Crippen molar-refractivity contribution in [2.75, 3.05) is 0 Å². The number of rotatable bonds is 4. The lowest BCUT2D eigenvalue weighted by Gasteiger charge is -2.33. The lowest BCUT2D eigenvalue weighted by atomic mass is 9.72. The van der Waals surface area contributed by atoms with Gasteiger partial charge in [0.25, 0.3) is 0 Å². The van der Waals surface area contributed by atoms with Crippen molar-refractivity contribution in [1.29, 1.82) is 0 Å². The van der Waals surface area contributed by atoms with Crippen LogP contribution in [0.2, 0.25) is 0 Å². The van der Waals surface area contributed by atoms with Crippen LogP contribution in [0.3, 0.4) is 0 Å². The molecule has 1 unspecified atom stereocenters. The number of carbonyl (C=O) groups excluding carboxylic acids is 1. The van der Waals surface area contributed by atoms with E-state index in [9.17, 15) is 4.79 Å². The maximum absolute atomic E-state index is 10.7. The molecule has 0 aliphatic heterocycles. The SMILES string of the molecule is O=CCC(c1ccccc1Br)C1CCC1. The number of hydrogen-bond acceptors (Lipinski definition) is 1. The fourth-order valence-electron chi connectivity index (χ4n) is 2.30. The van der Waals surface area contributed by atoms with Crippen molar-refractivity contribution in [3.63, 3.8) is 0 Å². The standard InChI is InChI=1S/C13H15BrO/c14-13-7-2-1-6-12(13)11(8-9-15)10-4-3-5-10/h1-2,6-7,9-11H,3-5,8H2. The summed E-state index contributed by atoms with van der Waals surface area (Å²) in [6.45, 7) is 0. The Kier molecular flexibility index (Phi) is 3.57. The predicted molar refractivity (Wildman–Crippen MR) is 64.9 cm³/mol. The zero-order chi connectivity index (χ0) is 10.7. The second-order valence-corrected chi connectivity index (χ2v) is 5.08. The van der Waals surface area contributed by atoms with Crippen molar-refractivity contribution in [3.05, 3.63) is 34.3 Å². The van der Waals surface area contributed by atoms with Gasteiger partial charge in [0, 0.05) is 10.9 Å². The monoisotopic (exact) mass is 266 g/mol. The fourth-order valence-corrected chi connectivity index (χ4v) is 2.87. The van der Waals surface area contributed by atoms with E-state index in [1.807, 2.05) is 6.07 Å².